The van der Waals surface area contributed by atoms with Gasteiger partial charge in [-0.2, -0.15) is 5.10 Å². The molecule has 0 bridgehead atoms. The number of nitro benzene ring substituents is 1. The summed E-state index contributed by atoms with van der Waals surface area (Å²) in [5.74, 6) is -0.323. The lowest BCUT2D eigenvalue weighted by Gasteiger charge is -2.14. The second-order valence-electron chi connectivity index (χ2n) is 7.92. The van der Waals surface area contributed by atoms with Crippen LogP contribution in [0.1, 0.15) is 50.2 Å². The number of aryl methyl sites for hydroxylation is 1. The van der Waals surface area contributed by atoms with E-state index in [1.807, 2.05) is 27.7 Å². The predicted octanol–water partition coefficient (Wildman–Crippen LogP) is 2.89. The van der Waals surface area contributed by atoms with Crippen molar-refractivity contribution in [3.63, 3.8) is 0 Å². The first-order valence-electron chi connectivity index (χ1n) is 10.2. The van der Waals surface area contributed by atoms with E-state index in [1.54, 1.807) is 14.0 Å². The zero-order valence-electron chi connectivity index (χ0n) is 19.0. The van der Waals surface area contributed by atoms with E-state index in [0.717, 1.165) is 18.6 Å². The molecule has 0 radical (unpaired) electrons. The van der Waals surface area contributed by atoms with Crippen molar-refractivity contribution in [2.24, 2.45) is 13.0 Å². The summed E-state index contributed by atoms with van der Waals surface area (Å²) in [6.45, 7) is 9.25. The van der Waals surface area contributed by atoms with Crippen LogP contribution in [-0.4, -0.2) is 41.6 Å². The molecule has 2 aromatic rings. The SMILES string of the molecule is CCC(C)NC(=O)c1nn(C)c(Oc2ccc([N+](=O)[O-])cc2S(=O)(=O)NCC(C)C)c1C. The smallest absolute Gasteiger partial charge is 0.272 e. The Hall–Kier alpha value is -2.99. The van der Waals surface area contributed by atoms with Gasteiger partial charge >= 0.3 is 0 Å². The summed E-state index contributed by atoms with van der Waals surface area (Å²) in [6, 6.07) is 3.26. The van der Waals surface area contributed by atoms with Crippen LogP contribution in [0.3, 0.4) is 0 Å². The normalized spacial score (nSPS) is 12.6. The molecule has 176 valence electrons. The summed E-state index contributed by atoms with van der Waals surface area (Å²) in [5.41, 5.74) is 0.162. The number of nitro groups is 1. The van der Waals surface area contributed by atoms with E-state index in [2.05, 4.69) is 15.1 Å². The van der Waals surface area contributed by atoms with Crippen LogP contribution in [-0.2, 0) is 17.1 Å². The maximum atomic E-state index is 12.9. The Morgan fingerprint density at radius 3 is 2.53 bits per heavy atom. The van der Waals surface area contributed by atoms with E-state index in [0.29, 0.717) is 5.56 Å². The molecule has 1 amide bonds. The van der Waals surface area contributed by atoms with E-state index >= 15 is 0 Å². The van der Waals surface area contributed by atoms with Crippen LogP contribution in [0.2, 0.25) is 0 Å². The maximum Gasteiger partial charge on any atom is 0.272 e. The number of hydrogen-bond acceptors (Lipinski definition) is 7. The number of sulfonamides is 1. The Kier molecular flexibility index (Phi) is 7.97. The minimum absolute atomic E-state index is 0.0266. The molecule has 11 nitrogen and oxygen atoms in total. The molecule has 0 aliphatic carbocycles. The number of carbonyl (C=O) groups is 1. The monoisotopic (exact) mass is 467 g/mol. The highest BCUT2D eigenvalue weighted by molar-refractivity contribution is 7.89. The average molecular weight is 468 g/mol. The van der Waals surface area contributed by atoms with E-state index in [1.165, 1.54) is 10.7 Å². The van der Waals surface area contributed by atoms with Gasteiger partial charge in [-0.05, 0) is 32.3 Å². The Bertz CT molecular complexity index is 1110. The van der Waals surface area contributed by atoms with E-state index in [4.69, 9.17) is 4.74 Å². The quantitative estimate of drug-likeness (QED) is 0.403. The van der Waals surface area contributed by atoms with Crippen molar-refractivity contribution in [1.82, 2.24) is 19.8 Å². The molecule has 32 heavy (non-hydrogen) atoms. The lowest BCUT2D eigenvalue weighted by molar-refractivity contribution is -0.385. The molecule has 12 heteroatoms. The fraction of sp³-hybridized carbons (Fsp3) is 0.500. The minimum atomic E-state index is -4.11. The number of hydrogen-bond donors (Lipinski definition) is 2. The van der Waals surface area contributed by atoms with Crippen LogP contribution in [0.15, 0.2) is 23.1 Å². The molecule has 1 unspecified atom stereocenters. The first-order valence-corrected chi connectivity index (χ1v) is 11.7. The van der Waals surface area contributed by atoms with Gasteiger partial charge in [0.2, 0.25) is 15.9 Å². The number of amides is 1. The number of nitrogens with zero attached hydrogens (tertiary/aromatic N) is 3. The van der Waals surface area contributed by atoms with Crippen LogP contribution < -0.4 is 14.8 Å². The number of carbonyl (C=O) groups excluding carboxylic acids is 1. The van der Waals surface area contributed by atoms with Gasteiger partial charge in [0.05, 0.1) is 4.92 Å². The van der Waals surface area contributed by atoms with Gasteiger partial charge in [0.15, 0.2) is 5.69 Å². The van der Waals surface area contributed by atoms with Gasteiger partial charge in [-0.3, -0.25) is 14.9 Å². The topological polar surface area (TPSA) is 145 Å². The molecule has 2 N–H and O–H groups in total. The second kappa shape index (κ2) is 10.1. The number of rotatable bonds is 10. The summed E-state index contributed by atoms with van der Waals surface area (Å²) in [4.78, 5) is 22.7. The highest BCUT2D eigenvalue weighted by Gasteiger charge is 2.27. The fourth-order valence-electron chi connectivity index (χ4n) is 2.73. The van der Waals surface area contributed by atoms with Crippen molar-refractivity contribution < 1.29 is 22.9 Å². The van der Waals surface area contributed by atoms with Gasteiger partial charge in [-0.25, -0.2) is 17.8 Å². The molecule has 0 saturated carbocycles. The first-order chi connectivity index (χ1) is 14.9. The standard InChI is InChI=1S/C20H29N5O6S/c1-7-13(4)22-19(26)18-14(5)20(24(6)23-18)31-16-9-8-15(25(27)28)10-17(16)32(29,30)21-11-12(2)3/h8-10,12-13,21H,7,11H2,1-6H3,(H,22,26). The molecule has 1 aromatic heterocycles. The van der Waals surface area contributed by atoms with Gasteiger partial charge in [0.1, 0.15) is 10.6 Å². The molecule has 2 rings (SSSR count). The van der Waals surface area contributed by atoms with Gasteiger partial charge in [0.25, 0.3) is 11.6 Å². The predicted molar refractivity (Wildman–Crippen MR) is 118 cm³/mol. The molecule has 0 aliphatic rings. The number of aromatic nitrogens is 2. The molecular formula is C20H29N5O6S. The van der Waals surface area contributed by atoms with Crippen LogP contribution in [0.4, 0.5) is 5.69 Å². The summed E-state index contributed by atoms with van der Waals surface area (Å²) < 4.78 is 35.3. The highest BCUT2D eigenvalue weighted by atomic mass is 32.2. The zero-order valence-corrected chi connectivity index (χ0v) is 19.8. The molecule has 1 heterocycles. The van der Waals surface area contributed by atoms with E-state index < -0.39 is 20.6 Å². The van der Waals surface area contributed by atoms with Crippen molar-refractivity contribution in [3.05, 3.63) is 39.6 Å². The number of nitrogens with one attached hydrogen (secondary N) is 2. The second-order valence-corrected chi connectivity index (χ2v) is 9.66. The Labute approximate surface area is 187 Å². The minimum Gasteiger partial charge on any atom is -0.438 e. The van der Waals surface area contributed by atoms with E-state index in [-0.39, 0.29) is 46.6 Å². The molecule has 0 saturated heterocycles. The summed E-state index contributed by atoms with van der Waals surface area (Å²) in [6.07, 6.45) is 0.744. The van der Waals surface area contributed by atoms with Crippen molar-refractivity contribution in [2.75, 3.05) is 6.54 Å². The average Bonchev–Trinajstić information content (AvgIpc) is 3.00. The Morgan fingerprint density at radius 1 is 1.31 bits per heavy atom. The van der Waals surface area contributed by atoms with Crippen LogP contribution >= 0.6 is 0 Å². The van der Waals surface area contributed by atoms with Crippen LogP contribution in [0.25, 0.3) is 0 Å². The molecule has 1 aromatic carbocycles. The van der Waals surface area contributed by atoms with E-state index in [9.17, 15) is 23.3 Å². The third-order valence-electron chi connectivity index (χ3n) is 4.74. The Balaban J connectivity index is 2.49. The highest BCUT2D eigenvalue weighted by Crippen LogP contribution is 2.34. The number of benzene rings is 1. The van der Waals surface area contributed by atoms with Crippen molar-refractivity contribution in [2.45, 2.75) is 52.0 Å². The number of non-ortho nitro benzene ring substituents is 1. The summed E-state index contributed by atoms with van der Waals surface area (Å²) in [7, 11) is -2.55. The Morgan fingerprint density at radius 2 is 1.97 bits per heavy atom. The largest absolute Gasteiger partial charge is 0.438 e. The fourth-order valence-corrected chi connectivity index (χ4v) is 4.09. The third kappa shape index (κ3) is 5.82. The molecule has 0 aliphatic heterocycles. The van der Waals surface area contributed by atoms with Gasteiger partial charge < -0.3 is 10.1 Å². The molecule has 0 fully saturated rings. The molecule has 1 atom stereocenters. The van der Waals surface area contributed by atoms with Gasteiger partial charge in [-0.15, -0.1) is 0 Å². The van der Waals surface area contributed by atoms with Gasteiger partial charge in [0, 0.05) is 37.3 Å². The van der Waals surface area contributed by atoms with Gasteiger partial charge in [-0.1, -0.05) is 20.8 Å². The zero-order chi connectivity index (χ0) is 24.2. The van der Waals surface area contributed by atoms with Crippen molar-refractivity contribution >= 4 is 21.6 Å². The summed E-state index contributed by atoms with van der Waals surface area (Å²) >= 11 is 0. The van der Waals surface area contributed by atoms with Crippen molar-refractivity contribution in [3.8, 4) is 11.6 Å². The third-order valence-corrected chi connectivity index (χ3v) is 6.19. The lowest BCUT2D eigenvalue weighted by atomic mass is 10.2. The van der Waals surface area contributed by atoms with Crippen molar-refractivity contribution in [1.29, 1.82) is 0 Å². The molecular weight excluding hydrogens is 438 g/mol. The lowest BCUT2D eigenvalue weighted by Crippen LogP contribution is -2.32. The van der Waals surface area contributed by atoms with Crippen LogP contribution in [0, 0.1) is 23.0 Å². The summed E-state index contributed by atoms with van der Waals surface area (Å²) in [5, 5.41) is 18.2. The van der Waals surface area contributed by atoms with Crippen LogP contribution in [0.5, 0.6) is 11.6 Å². The number of ether oxygens (including phenoxy) is 1. The first kappa shape index (κ1) is 25.3. The maximum absolute atomic E-state index is 12.9. The molecule has 0 spiro atoms.